The molecule has 1 N–H and O–H groups in total. The Morgan fingerprint density at radius 2 is 2.36 bits per heavy atom. The summed E-state index contributed by atoms with van der Waals surface area (Å²) in [6.45, 7) is 1.25. The zero-order chi connectivity index (χ0) is 15.4. The van der Waals surface area contributed by atoms with Gasteiger partial charge in [-0.1, -0.05) is 11.6 Å². The third-order valence-electron chi connectivity index (χ3n) is 3.59. The van der Waals surface area contributed by atoms with Gasteiger partial charge in [0, 0.05) is 24.7 Å². The van der Waals surface area contributed by atoms with Crippen molar-refractivity contribution < 1.29 is 14.3 Å². The molecule has 6 heteroatoms. The van der Waals surface area contributed by atoms with Crippen LogP contribution in [0.5, 0.6) is 5.75 Å². The summed E-state index contributed by atoms with van der Waals surface area (Å²) in [7, 11) is 0. The first kappa shape index (κ1) is 15.1. The first-order valence-corrected chi connectivity index (χ1v) is 7.66. The van der Waals surface area contributed by atoms with Gasteiger partial charge in [0.15, 0.2) is 6.61 Å². The quantitative estimate of drug-likeness (QED) is 0.919. The number of ether oxygens (including phenoxy) is 2. The summed E-state index contributed by atoms with van der Waals surface area (Å²) in [4.78, 5) is 16.1. The SMILES string of the molecule is O=C(COc1ccc(Cl)c2cccnc12)NCC1CCCO1. The number of benzene rings is 1. The van der Waals surface area contributed by atoms with E-state index in [0.717, 1.165) is 24.8 Å². The van der Waals surface area contributed by atoms with E-state index in [2.05, 4.69) is 10.3 Å². The fourth-order valence-corrected chi connectivity index (χ4v) is 2.67. The Bertz CT molecular complexity index is 671. The normalized spacial score (nSPS) is 17.6. The number of hydrogen-bond acceptors (Lipinski definition) is 4. The topological polar surface area (TPSA) is 60.5 Å². The summed E-state index contributed by atoms with van der Waals surface area (Å²) in [5, 5.41) is 4.24. The average molecular weight is 321 g/mol. The van der Waals surface area contributed by atoms with Crippen LogP contribution < -0.4 is 10.1 Å². The van der Waals surface area contributed by atoms with Crippen LogP contribution in [0.25, 0.3) is 10.9 Å². The van der Waals surface area contributed by atoms with Crippen molar-refractivity contribution in [1.29, 1.82) is 0 Å². The second kappa shape index (κ2) is 6.94. The van der Waals surface area contributed by atoms with Crippen LogP contribution in [0.2, 0.25) is 5.02 Å². The number of fused-ring (bicyclic) bond motifs is 1. The van der Waals surface area contributed by atoms with E-state index in [1.54, 1.807) is 18.3 Å². The molecule has 3 rings (SSSR count). The highest BCUT2D eigenvalue weighted by Crippen LogP contribution is 2.29. The van der Waals surface area contributed by atoms with Crippen molar-refractivity contribution in [3.8, 4) is 5.75 Å². The molecular weight excluding hydrogens is 304 g/mol. The smallest absolute Gasteiger partial charge is 0.258 e. The van der Waals surface area contributed by atoms with E-state index >= 15 is 0 Å². The molecule has 0 saturated carbocycles. The summed E-state index contributed by atoms with van der Waals surface area (Å²) in [5.74, 6) is 0.377. The molecule has 1 aromatic carbocycles. The molecule has 0 bridgehead atoms. The largest absolute Gasteiger partial charge is 0.481 e. The minimum absolute atomic E-state index is 0.0555. The van der Waals surface area contributed by atoms with Crippen LogP contribution in [0.3, 0.4) is 0 Å². The van der Waals surface area contributed by atoms with Crippen molar-refractivity contribution in [2.75, 3.05) is 19.8 Å². The highest BCUT2D eigenvalue weighted by molar-refractivity contribution is 6.35. The predicted octanol–water partition coefficient (Wildman–Crippen LogP) is 2.56. The maximum Gasteiger partial charge on any atom is 0.258 e. The highest BCUT2D eigenvalue weighted by Gasteiger charge is 2.16. The number of halogens is 1. The summed E-state index contributed by atoms with van der Waals surface area (Å²) >= 11 is 6.13. The molecule has 1 saturated heterocycles. The van der Waals surface area contributed by atoms with Crippen molar-refractivity contribution in [2.45, 2.75) is 18.9 Å². The van der Waals surface area contributed by atoms with E-state index in [1.807, 2.05) is 12.1 Å². The van der Waals surface area contributed by atoms with E-state index in [9.17, 15) is 4.79 Å². The molecule has 0 aliphatic carbocycles. The standard InChI is InChI=1S/C16H17ClN2O3/c17-13-5-6-14(16-12(13)4-1-7-18-16)22-10-15(20)19-9-11-3-2-8-21-11/h1,4-7,11H,2-3,8-10H2,(H,19,20). The van der Waals surface area contributed by atoms with Crippen molar-refractivity contribution in [2.24, 2.45) is 0 Å². The number of pyridine rings is 1. The van der Waals surface area contributed by atoms with E-state index in [0.29, 0.717) is 22.8 Å². The second-order valence-corrected chi connectivity index (χ2v) is 5.58. The molecule has 5 nitrogen and oxygen atoms in total. The second-order valence-electron chi connectivity index (χ2n) is 5.17. The van der Waals surface area contributed by atoms with Gasteiger partial charge in [0.05, 0.1) is 11.1 Å². The molecule has 2 aromatic rings. The lowest BCUT2D eigenvalue weighted by Gasteiger charge is -2.12. The number of carbonyl (C=O) groups excluding carboxylic acids is 1. The molecule has 116 valence electrons. The van der Waals surface area contributed by atoms with E-state index in [-0.39, 0.29) is 18.6 Å². The number of carbonyl (C=O) groups is 1. The van der Waals surface area contributed by atoms with Gasteiger partial charge in [-0.25, -0.2) is 0 Å². The van der Waals surface area contributed by atoms with Crippen LogP contribution in [0, 0.1) is 0 Å². The summed E-state index contributed by atoms with van der Waals surface area (Å²) < 4.78 is 11.0. The van der Waals surface area contributed by atoms with Crippen molar-refractivity contribution >= 4 is 28.4 Å². The molecule has 1 atom stereocenters. The van der Waals surface area contributed by atoms with Gasteiger partial charge in [0.25, 0.3) is 5.91 Å². The van der Waals surface area contributed by atoms with Crippen LogP contribution in [-0.4, -0.2) is 36.8 Å². The number of amides is 1. The number of hydrogen-bond donors (Lipinski definition) is 1. The third kappa shape index (κ3) is 3.48. The number of nitrogens with one attached hydrogen (secondary N) is 1. The van der Waals surface area contributed by atoms with Crippen LogP contribution in [0.1, 0.15) is 12.8 Å². The van der Waals surface area contributed by atoms with E-state index in [1.165, 1.54) is 0 Å². The first-order valence-electron chi connectivity index (χ1n) is 7.28. The monoisotopic (exact) mass is 320 g/mol. The summed E-state index contributed by atoms with van der Waals surface area (Å²) in [6.07, 6.45) is 3.84. The molecule has 0 spiro atoms. The van der Waals surface area contributed by atoms with E-state index in [4.69, 9.17) is 21.1 Å². The zero-order valence-corrected chi connectivity index (χ0v) is 12.8. The van der Waals surface area contributed by atoms with E-state index < -0.39 is 0 Å². The molecule has 1 fully saturated rings. The molecule has 1 amide bonds. The molecule has 1 aliphatic heterocycles. The van der Waals surface area contributed by atoms with Gasteiger partial charge in [-0.3, -0.25) is 9.78 Å². The van der Waals surface area contributed by atoms with Gasteiger partial charge in [0.2, 0.25) is 0 Å². The molecular formula is C16H17ClN2O3. The Morgan fingerprint density at radius 1 is 1.45 bits per heavy atom. The Labute approximate surface area is 133 Å². The lowest BCUT2D eigenvalue weighted by Crippen LogP contribution is -2.35. The van der Waals surface area contributed by atoms with Crippen molar-refractivity contribution in [3.63, 3.8) is 0 Å². The number of rotatable bonds is 5. The number of nitrogens with zero attached hydrogens (tertiary/aromatic N) is 1. The summed E-state index contributed by atoms with van der Waals surface area (Å²) in [6, 6.07) is 7.15. The van der Waals surface area contributed by atoms with Crippen LogP contribution in [0.15, 0.2) is 30.5 Å². The van der Waals surface area contributed by atoms with Crippen LogP contribution >= 0.6 is 11.6 Å². The fourth-order valence-electron chi connectivity index (χ4n) is 2.46. The minimum atomic E-state index is -0.172. The molecule has 1 aliphatic rings. The maximum absolute atomic E-state index is 11.8. The lowest BCUT2D eigenvalue weighted by atomic mass is 10.2. The Hall–Kier alpha value is -1.85. The predicted molar refractivity (Wildman–Crippen MR) is 84.2 cm³/mol. The molecule has 0 radical (unpaired) electrons. The van der Waals surface area contributed by atoms with Crippen molar-refractivity contribution in [1.82, 2.24) is 10.3 Å². The Balaban J connectivity index is 1.59. The van der Waals surface area contributed by atoms with Crippen LogP contribution in [-0.2, 0) is 9.53 Å². The van der Waals surface area contributed by atoms with Gasteiger partial charge in [-0.15, -0.1) is 0 Å². The van der Waals surface area contributed by atoms with Gasteiger partial charge in [0.1, 0.15) is 11.3 Å². The molecule has 1 unspecified atom stereocenters. The Morgan fingerprint density at radius 3 is 3.18 bits per heavy atom. The van der Waals surface area contributed by atoms with Gasteiger partial charge in [-0.05, 0) is 37.1 Å². The first-order chi connectivity index (χ1) is 10.7. The van der Waals surface area contributed by atoms with Crippen molar-refractivity contribution in [3.05, 3.63) is 35.5 Å². The van der Waals surface area contributed by atoms with Crippen LogP contribution in [0.4, 0.5) is 0 Å². The highest BCUT2D eigenvalue weighted by atomic mass is 35.5. The van der Waals surface area contributed by atoms with Gasteiger partial charge in [-0.2, -0.15) is 0 Å². The van der Waals surface area contributed by atoms with Gasteiger partial charge >= 0.3 is 0 Å². The van der Waals surface area contributed by atoms with Gasteiger partial charge < -0.3 is 14.8 Å². The zero-order valence-electron chi connectivity index (χ0n) is 12.0. The lowest BCUT2D eigenvalue weighted by molar-refractivity contribution is -0.123. The third-order valence-corrected chi connectivity index (χ3v) is 3.92. The minimum Gasteiger partial charge on any atom is -0.481 e. The molecule has 22 heavy (non-hydrogen) atoms. The fraction of sp³-hybridized carbons (Fsp3) is 0.375. The summed E-state index contributed by atoms with van der Waals surface area (Å²) in [5.41, 5.74) is 0.655. The maximum atomic E-state index is 11.8. The molecule has 2 heterocycles. The Kier molecular flexibility index (Phi) is 4.75. The average Bonchev–Trinajstić information content (AvgIpc) is 3.06. The molecule has 1 aromatic heterocycles. The number of aromatic nitrogens is 1.